The van der Waals surface area contributed by atoms with E-state index < -0.39 is 0 Å². The van der Waals surface area contributed by atoms with Gasteiger partial charge in [0.05, 0.1) is 17.7 Å². The molecule has 1 fully saturated rings. The molecular weight excluding hydrogens is 420 g/mol. The van der Waals surface area contributed by atoms with E-state index in [4.69, 9.17) is 9.73 Å². The summed E-state index contributed by atoms with van der Waals surface area (Å²) in [6.07, 6.45) is 3.82. The van der Waals surface area contributed by atoms with E-state index in [1.165, 1.54) is 11.8 Å². The molecule has 4 rings (SSSR count). The smallest absolute Gasteiger partial charge is 0.266 e. The lowest BCUT2D eigenvalue weighted by atomic mass is 10.2. The van der Waals surface area contributed by atoms with Crippen LogP contribution < -0.4 is 4.74 Å². The fraction of sp³-hybridized carbons (Fsp3) is 0.240. The zero-order chi connectivity index (χ0) is 22.8. The van der Waals surface area contributed by atoms with Crippen LogP contribution in [0.5, 0.6) is 5.75 Å². The molecule has 2 aromatic heterocycles. The Labute approximate surface area is 192 Å². The first kappa shape index (κ1) is 21.9. The fourth-order valence-electron chi connectivity index (χ4n) is 3.66. The Kier molecular flexibility index (Phi) is 6.19. The number of pyridine rings is 1. The maximum Gasteiger partial charge on any atom is 0.266 e. The lowest BCUT2D eigenvalue weighted by molar-refractivity contribution is -0.122. The van der Waals surface area contributed by atoms with Crippen molar-refractivity contribution in [2.75, 3.05) is 13.7 Å². The standard InChI is InChI=1S/C25H26N4O2S/c1-6-28-24(30)22(32-25(28)27-20-8-10-21(31-5)11-9-20)14-19-13-17(3)29(18(19)4)23-12-7-16(2)15-26-23/h7-15H,6H2,1-5H3/b22-14+,27-25?. The van der Waals surface area contributed by atoms with Crippen molar-refractivity contribution in [2.24, 2.45) is 4.99 Å². The summed E-state index contributed by atoms with van der Waals surface area (Å²) in [5.41, 5.74) is 5.02. The van der Waals surface area contributed by atoms with Crippen molar-refractivity contribution in [3.8, 4) is 11.6 Å². The summed E-state index contributed by atoms with van der Waals surface area (Å²) in [6.45, 7) is 8.64. The van der Waals surface area contributed by atoms with E-state index in [1.54, 1.807) is 12.0 Å². The minimum absolute atomic E-state index is 0.0250. The number of amidine groups is 1. The third-order valence-corrected chi connectivity index (χ3v) is 6.39. The number of likely N-dealkylation sites (N-methyl/N-ethyl adjacent to an activating group) is 1. The van der Waals surface area contributed by atoms with Gasteiger partial charge in [0.15, 0.2) is 5.17 Å². The largest absolute Gasteiger partial charge is 0.497 e. The van der Waals surface area contributed by atoms with E-state index in [0.29, 0.717) is 16.6 Å². The first-order valence-electron chi connectivity index (χ1n) is 10.5. The van der Waals surface area contributed by atoms with Crippen molar-refractivity contribution < 1.29 is 9.53 Å². The molecule has 0 aliphatic carbocycles. The van der Waals surface area contributed by atoms with Gasteiger partial charge in [-0.1, -0.05) is 6.07 Å². The van der Waals surface area contributed by atoms with Gasteiger partial charge in [0, 0.05) is 24.1 Å². The molecule has 0 atom stereocenters. The van der Waals surface area contributed by atoms with Gasteiger partial charge in [-0.05, 0) is 93.1 Å². The molecule has 0 radical (unpaired) electrons. The second-order valence-electron chi connectivity index (χ2n) is 7.61. The molecule has 1 saturated heterocycles. The van der Waals surface area contributed by atoms with Crippen LogP contribution in [0.4, 0.5) is 5.69 Å². The Morgan fingerprint density at radius 2 is 1.88 bits per heavy atom. The van der Waals surface area contributed by atoms with Gasteiger partial charge in [0.2, 0.25) is 0 Å². The summed E-state index contributed by atoms with van der Waals surface area (Å²) < 4.78 is 7.32. The first-order valence-corrected chi connectivity index (χ1v) is 11.3. The average Bonchev–Trinajstić information content (AvgIpc) is 3.24. The average molecular weight is 447 g/mol. The van der Waals surface area contributed by atoms with Crippen molar-refractivity contribution in [3.05, 3.63) is 76.1 Å². The number of ether oxygens (including phenoxy) is 1. The lowest BCUT2D eigenvalue weighted by Gasteiger charge is -2.12. The molecule has 0 bridgehead atoms. The molecule has 3 heterocycles. The number of nitrogens with zero attached hydrogens (tertiary/aromatic N) is 4. The number of benzene rings is 1. The number of aromatic nitrogens is 2. The van der Waals surface area contributed by atoms with Gasteiger partial charge in [0.1, 0.15) is 11.6 Å². The van der Waals surface area contributed by atoms with Gasteiger partial charge in [-0.3, -0.25) is 9.69 Å². The van der Waals surface area contributed by atoms with Crippen LogP contribution in [0, 0.1) is 20.8 Å². The molecule has 3 aromatic rings. The van der Waals surface area contributed by atoms with Crippen LogP contribution in [0.1, 0.15) is 29.4 Å². The molecule has 0 unspecified atom stereocenters. The van der Waals surface area contributed by atoms with Crippen LogP contribution in [-0.2, 0) is 4.79 Å². The molecular formula is C25H26N4O2S. The number of rotatable bonds is 5. The van der Waals surface area contributed by atoms with Crippen molar-refractivity contribution in [1.82, 2.24) is 14.5 Å². The fourth-order valence-corrected chi connectivity index (χ4v) is 4.71. The summed E-state index contributed by atoms with van der Waals surface area (Å²) in [4.78, 5) is 24.7. The number of carbonyl (C=O) groups is 1. The second-order valence-corrected chi connectivity index (χ2v) is 8.62. The van der Waals surface area contributed by atoms with Gasteiger partial charge >= 0.3 is 0 Å². The van der Waals surface area contributed by atoms with E-state index in [9.17, 15) is 4.79 Å². The molecule has 0 saturated carbocycles. The van der Waals surface area contributed by atoms with E-state index in [-0.39, 0.29) is 5.91 Å². The van der Waals surface area contributed by atoms with Gasteiger partial charge in [0.25, 0.3) is 5.91 Å². The zero-order valence-corrected chi connectivity index (χ0v) is 19.7. The molecule has 1 amide bonds. The lowest BCUT2D eigenvalue weighted by Crippen LogP contribution is -2.28. The number of aliphatic imine (C=N–C) groups is 1. The third kappa shape index (κ3) is 4.21. The Morgan fingerprint density at radius 3 is 2.50 bits per heavy atom. The maximum atomic E-state index is 13.1. The Bertz CT molecular complexity index is 1210. The molecule has 0 N–H and O–H groups in total. The van der Waals surface area contributed by atoms with Crippen LogP contribution in [0.25, 0.3) is 11.9 Å². The van der Waals surface area contributed by atoms with Gasteiger partial charge in [-0.2, -0.15) is 0 Å². The van der Waals surface area contributed by atoms with Crippen LogP contribution >= 0.6 is 11.8 Å². The highest BCUT2D eigenvalue weighted by atomic mass is 32.2. The number of hydrogen-bond donors (Lipinski definition) is 0. The van der Waals surface area contributed by atoms with Crippen LogP contribution in [0.3, 0.4) is 0 Å². The number of amides is 1. The summed E-state index contributed by atoms with van der Waals surface area (Å²) in [5, 5.41) is 0.683. The number of carbonyl (C=O) groups excluding carboxylic acids is 1. The summed E-state index contributed by atoms with van der Waals surface area (Å²) >= 11 is 1.40. The van der Waals surface area contributed by atoms with Crippen LogP contribution in [0.2, 0.25) is 0 Å². The Morgan fingerprint density at radius 1 is 1.12 bits per heavy atom. The summed E-state index contributed by atoms with van der Waals surface area (Å²) in [7, 11) is 1.63. The predicted octanol–water partition coefficient (Wildman–Crippen LogP) is 5.43. The SMILES string of the molecule is CCN1C(=O)/C(=C\c2cc(C)n(-c3ccc(C)cn3)c2C)SC1=Nc1ccc(OC)cc1. The monoisotopic (exact) mass is 446 g/mol. The number of aryl methyl sites for hydroxylation is 2. The van der Waals surface area contributed by atoms with Crippen molar-refractivity contribution in [1.29, 1.82) is 0 Å². The highest BCUT2D eigenvalue weighted by Crippen LogP contribution is 2.35. The number of hydrogen-bond acceptors (Lipinski definition) is 5. The second kappa shape index (κ2) is 9.04. The van der Waals surface area contributed by atoms with Crippen LogP contribution in [0.15, 0.2) is 58.6 Å². The summed E-state index contributed by atoms with van der Waals surface area (Å²) in [6, 6.07) is 13.6. The van der Waals surface area contributed by atoms with Crippen molar-refractivity contribution in [3.63, 3.8) is 0 Å². The zero-order valence-electron chi connectivity index (χ0n) is 18.9. The predicted molar refractivity (Wildman–Crippen MR) is 131 cm³/mol. The van der Waals surface area contributed by atoms with E-state index in [0.717, 1.165) is 39.8 Å². The molecule has 1 aliphatic rings. The topological polar surface area (TPSA) is 59.7 Å². The summed E-state index contributed by atoms with van der Waals surface area (Å²) in [5.74, 6) is 1.62. The minimum atomic E-state index is -0.0250. The Hall–Kier alpha value is -3.32. The quantitative estimate of drug-likeness (QED) is 0.490. The normalized spacial score (nSPS) is 16.4. The highest BCUT2D eigenvalue weighted by Gasteiger charge is 2.32. The molecule has 32 heavy (non-hydrogen) atoms. The third-order valence-electron chi connectivity index (χ3n) is 5.38. The molecule has 164 valence electrons. The van der Waals surface area contributed by atoms with Crippen molar-refractivity contribution >= 4 is 34.6 Å². The Balaban J connectivity index is 1.67. The molecule has 1 aromatic carbocycles. The maximum absolute atomic E-state index is 13.1. The van der Waals surface area contributed by atoms with E-state index in [1.807, 2.05) is 56.5 Å². The molecule has 0 spiro atoms. The minimum Gasteiger partial charge on any atom is -0.497 e. The van der Waals surface area contributed by atoms with Gasteiger partial charge in [-0.25, -0.2) is 9.98 Å². The molecule has 7 heteroatoms. The molecule has 1 aliphatic heterocycles. The van der Waals surface area contributed by atoms with E-state index >= 15 is 0 Å². The van der Waals surface area contributed by atoms with E-state index in [2.05, 4.69) is 35.5 Å². The first-order chi connectivity index (χ1) is 15.4. The highest BCUT2D eigenvalue weighted by molar-refractivity contribution is 8.18. The number of methoxy groups -OCH3 is 1. The molecule has 6 nitrogen and oxygen atoms in total. The van der Waals surface area contributed by atoms with Crippen molar-refractivity contribution in [2.45, 2.75) is 27.7 Å². The van der Waals surface area contributed by atoms with Crippen LogP contribution in [-0.4, -0.2) is 39.2 Å². The van der Waals surface area contributed by atoms with Gasteiger partial charge < -0.3 is 9.30 Å². The number of thioether (sulfide) groups is 1. The van der Waals surface area contributed by atoms with Gasteiger partial charge in [-0.15, -0.1) is 0 Å².